The SMILES string of the molecule is c1ccc(Cn2ncc3ccc4c(c32)OCO4)nc1. The van der Waals surface area contributed by atoms with Crippen molar-refractivity contribution >= 4 is 10.9 Å². The zero-order valence-corrected chi connectivity index (χ0v) is 10.1. The van der Waals surface area contributed by atoms with Crippen LogP contribution in [0.5, 0.6) is 11.5 Å². The maximum atomic E-state index is 5.54. The van der Waals surface area contributed by atoms with Gasteiger partial charge < -0.3 is 9.47 Å². The normalized spacial score (nSPS) is 13.1. The lowest BCUT2D eigenvalue weighted by molar-refractivity contribution is 0.174. The predicted molar refractivity (Wildman–Crippen MR) is 69.2 cm³/mol. The highest BCUT2D eigenvalue weighted by molar-refractivity contribution is 5.87. The Hall–Kier alpha value is -2.56. The van der Waals surface area contributed by atoms with Crippen LogP contribution in [0.2, 0.25) is 0 Å². The molecule has 0 radical (unpaired) electrons. The van der Waals surface area contributed by atoms with E-state index in [0.717, 1.165) is 28.1 Å². The van der Waals surface area contributed by atoms with Crippen molar-refractivity contribution in [3.8, 4) is 11.5 Å². The number of hydrogen-bond acceptors (Lipinski definition) is 4. The molecule has 0 bridgehead atoms. The summed E-state index contributed by atoms with van der Waals surface area (Å²) in [4.78, 5) is 4.32. The lowest BCUT2D eigenvalue weighted by atomic mass is 10.2. The van der Waals surface area contributed by atoms with Crippen LogP contribution in [0.25, 0.3) is 10.9 Å². The Morgan fingerprint density at radius 2 is 2.16 bits per heavy atom. The van der Waals surface area contributed by atoms with Crippen molar-refractivity contribution in [3.63, 3.8) is 0 Å². The first-order valence-corrected chi connectivity index (χ1v) is 6.06. The van der Waals surface area contributed by atoms with E-state index in [1.54, 1.807) is 6.20 Å². The topological polar surface area (TPSA) is 49.2 Å². The van der Waals surface area contributed by atoms with Crippen LogP contribution < -0.4 is 9.47 Å². The average Bonchev–Trinajstić information content (AvgIpc) is 3.06. The molecule has 0 N–H and O–H groups in total. The van der Waals surface area contributed by atoms with E-state index in [4.69, 9.17) is 9.47 Å². The van der Waals surface area contributed by atoms with Gasteiger partial charge in [-0.25, -0.2) is 0 Å². The van der Waals surface area contributed by atoms with Gasteiger partial charge in [-0.2, -0.15) is 5.10 Å². The third-order valence-electron chi connectivity index (χ3n) is 3.18. The molecule has 0 saturated carbocycles. The quantitative estimate of drug-likeness (QED) is 0.702. The van der Waals surface area contributed by atoms with Crippen LogP contribution in [-0.2, 0) is 6.54 Å². The summed E-state index contributed by atoms with van der Waals surface area (Å²) in [6, 6.07) is 9.76. The summed E-state index contributed by atoms with van der Waals surface area (Å²) in [7, 11) is 0. The number of hydrogen-bond donors (Lipinski definition) is 0. The molecular weight excluding hydrogens is 242 g/mol. The van der Waals surface area contributed by atoms with Gasteiger partial charge >= 0.3 is 0 Å². The Kier molecular flexibility index (Phi) is 2.17. The lowest BCUT2D eigenvalue weighted by Gasteiger charge is -2.05. The number of aromatic nitrogens is 3. The van der Waals surface area contributed by atoms with E-state index in [-0.39, 0.29) is 6.79 Å². The molecule has 0 atom stereocenters. The van der Waals surface area contributed by atoms with E-state index in [2.05, 4.69) is 10.1 Å². The molecule has 1 aliphatic heterocycles. The first kappa shape index (κ1) is 10.4. The molecule has 0 spiro atoms. The summed E-state index contributed by atoms with van der Waals surface area (Å²) in [5.41, 5.74) is 1.92. The summed E-state index contributed by atoms with van der Waals surface area (Å²) >= 11 is 0. The molecule has 1 aromatic carbocycles. The zero-order valence-electron chi connectivity index (χ0n) is 10.1. The second kappa shape index (κ2) is 3.98. The van der Waals surface area contributed by atoms with Crippen molar-refractivity contribution in [2.75, 3.05) is 6.79 Å². The van der Waals surface area contributed by atoms with Crippen LogP contribution in [0.1, 0.15) is 5.69 Å². The van der Waals surface area contributed by atoms with Crippen LogP contribution >= 0.6 is 0 Å². The number of fused-ring (bicyclic) bond motifs is 3. The predicted octanol–water partition coefficient (Wildman–Crippen LogP) is 2.21. The van der Waals surface area contributed by atoms with E-state index in [0.29, 0.717) is 6.54 Å². The monoisotopic (exact) mass is 253 g/mol. The molecule has 0 saturated heterocycles. The highest BCUT2D eigenvalue weighted by atomic mass is 16.7. The van der Waals surface area contributed by atoms with Gasteiger partial charge in [0.25, 0.3) is 0 Å². The standard InChI is InChI=1S/C14H11N3O2/c1-2-6-15-11(3-1)8-17-13-10(7-16-17)4-5-12-14(13)19-9-18-12/h1-7H,8-9H2. The van der Waals surface area contributed by atoms with Crippen LogP contribution in [0.15, 0.2) is 42.7 Å². The van der Waals surface area contributed by atoms with Gasteiger partial charge in [0, 0.05) is 11.6 Å². The van der Waals surface area contributed by atoms with Crippen molar-refractivity contribution in [3.05, 3.63) is 48.4 Å². The summed E-state index contributed by atoms with van der Waals surface area (Å²) in [5, 5.41) is 5.45. The highest BCUT2D eigenvalue weighted by Gasteiger charge is 2.20. The molecule has 5 nitrogen and oxygen atoms in total. The molecule has 4 rings (SSSR count). The smallest absolute Gasteiger partial charge is 0.231 e. The van der Waals surface area contributed by atoms with Gasteiger partial charge in [0.1, 0.15) is 5.52 Å². The maximum Gasteiger partial charge on any atom is 0.231 e. The van der Waals surface area contributed by atoms with Crippen LogP contribution in [0, 0.1) is 0 Å². The Morgan fingerprint density at radius 1 is 1.16 bits per heavy atom. The zero-order chi connectivity index (χ0) is 12.7. The van der Waals surface area contributed by atoms with Gasteiger partial charge in [-0.05, 0) is 24.3 Å². The fourth-order valence-corrected chi connectivity index (χ4v) is 2.30. The van der Waals surface area contributed by atoms with Gasteiger partial charge in [0.2, 0.25) is 6.79 Å². The molecule has 94 valence electrons. The van der Waals surface area contributed by atoms with E-state index in [1.165, 1.54) is 0 Å². The summed E-state index contributed by atoms with van der Waals surface area (Å²) in [6.45, 7) is 0.882. The van der Waals surface area contributed by atoms with Crippen LogP contribution in [0.3, 0.4) is 0 Å². The summed E-state index contributed by atoms with van der Waals surface area (Å²) in [5.74, 6) is 1.54. The van der Waals surface area contributed by atoms with Crippen molar-refractivity contribution in [1.29, 1.82) is 0 Å². The number of ether oxygens (including phenoxy) is 2. The second-order valence-corrected chi connectivity index (χ2v) is 4.36. The van der Waals surface area contributed by atoms with Crippen molar-refractivity contribution in [2.24, 2.45) is 0 Å². The van der Waals surface area contributed by atoms with E-state index in [9.17, 15) is 0 Å². The fourth-order valence-electron chi connectivity index (χ4n) is 2.30. The minimum absolute atomic E-state index is 0.267. The Labute approximate surface area is 109 Å². The van der Waals surface area contributed by atoms with Crippen molar-refractivity contribution < 1.29 is 9.47 Å². The minimum Gasteiger partial charge on any atom is -0.454 e. The number of rotatable bonds is 2. The number of pyridine rings is 1. The molecule has 1 aliphatic rings. The molecule has 0 fully saturated rings. The lowest BCUT2D eigenvalue weighted by Crippen LogP contribution is -2.03. The molecule has 0 amide bonds. The maximum absolute atomic E-state index is 5.54. The first-order valence-electron chi connectivity index (χ1n) is 6.06. The third-order valence-corrected chi connectivity index (χ3v) is 3.18. The fraction of sp³-hybridized carbons (Fsp3) is 0.143. The van der Waals surface area contributed by atoms with E-state index in [1.807, 2.05) is 41.2 Å². The van der Waals surface area contributed by atoms with Crippen molar-refractivity contribution in [2.45, 2.75) is 6.54 Å². The van der Waals surface area contributed by atoms with Crippen LogP contribution in [-0.4, -0.2) is 21.6 Å². The third kappa shape index (κ3) is 1.62. The summed E-state index contributed by atoms with van der Waals surface area (Å²) < 4.78 is 12.8. The Bertz CT molecular complexity index is 737. The van der Waals surface area contributed by atoms with Crippen LogP contribution in [0.4, 0.5) is 0 Å². The molecule has 19 heavy (non-hydrogen) atoms. The van der Waals surface area contributed by atoms with Gasteiger partial charge in [0.15, 0.2) is 11.5 Å². The van der Waals surface area contributed by atoms with Gasteiger partial charge in [-0.3, -0.25) is 9.67 Å². The highest BCUT2D eigenvalue weighted by Crippen LogP contribution is 2.38. The first-order chi connectivity index (χ1) is 9.42. The molecule has 0 unspecified atom stereocenters. The van der Waals surface area contributed by atoms with Gasteiger partial charge in [-0.15, -0.1) is 0 Å². The van der Waals surface area contributed by atoms with E-state index < -0.39 is 0 Å². The van der Waals surface area contributed by atoms with Crippen molar-refractivity contribution in [1.82, 2.24) is 14.8 Å². The number of nitrogens with zero attached hydrogens (tertiary/aromatic N) is 3. The molecule has 0 aliphatic carbocycles. The molecule has 3 heterocycles. The van der Waals surface area contributed by atoms with Gasteiger partial charge in [-0.1, -0.05) is 6.07 Å². The Morgan fingerprint density at radius 3 is 3.05 bits per heavy atom. The van der Waals surface area contributed by atoms with Gasteiger partial charge in [0.05, 0.1) is 18.4 Å². The average molecular weight is 253 g/mol. The minimum atomic E-state index is 0.267. The Balaban J connectivity index is 1.85. The molecule has 5 heteroatoms. The summed E-state index contributed by atoms with van der Waals surface area (Å²) in [6.07, 6.45) is 3.62. The molecule has 3 aromatic rings. The molecule has 2 aromatic heterocycles. The second-order valence-electron chi connectivity index (χ2n) is 4.36. The number of benzene rings is 1. The largest absolute Gasteiger partial charge is 0.454 e. The van der Waals surface area contributed by atoms with E-state index >= 15 is 0 Å². The molecular formula is C14H11N3O2.